The van der Waals surface area contributed by atoms with Crippen LogP contribution in [0.1, 0.15) is 12.7 Å². The van der Waals surface area contributed by atoms with Crippen molar-refractivity contribution in [2.75, 3.05) is 38.1 Å². The molecular weight excluding hydrogens is 268 g/mol. The van der Waals surface area contributed by atoms with Crippen molar-refractivity contribution in [3.8, 4) is 0 Å². The first-order chi connectivity index (χ1) is 9.97. The number of piperazine rings is 1. The molecule has 1 aromatic carbocycles. The number of aryl methyl sites for hydroxylation is 1. The average Bonchev–Trinajstić information content (AvgIpc) is 2.79. The van der Waals surface area contributed by atoms with E-state index in [4.69, 9.17) is 9.90 Å². The number of H-pyrrole nitrogens is 1. The summed E-state index contributed by atoms with van der Waals surface area (Å²) in [5.41, 5.74) is 3.51. The summed E-state index contributed by atoms with van der Waals surface area (Å²) < 4.78 is 0. The minimum absolute atomic E-state index is 0.833. The lowest BCUT2D eigenvalue weighted by Gasteiger charge is -2.34. The smallest absolute Gasteiger partial charge is 0.300 e. The monoisotopic (exact) mass is 290 g/mol. The number of carboxylic acid groups (broad SMARTS) is 1. The van der Waals surface area contributed by atoms with Gasteiger partial charge in [-0.2, -0.15) is 0 Å². The summed E-state index contributed by atoms with van der Waals surface area (Å²) in [5, 5.41) is 7.42. The number of carbonyl (C=O) groups is 1. The summed E-state index contributed by atoms with van der Waals surface area (Å²) in [7, 11) is 2.18. The Labute approximate surface area is 124 Å². The predicted molar refractivity (Wildman–Crippen MR) is 83.9 cm³/mol. The van der Waals surface area contributed by atoms with Gasteiger partial charge >= 0.3 is 0 Å². The minimum Gasteiger partial charge on any atom is -0.481 e. The molecule has 2 N–H and O–H groups in total. The zero-order valence-electron chi connectivity index (χ0n) is 12.8. The molecule has 2 aromatic rings. The van der Waals surface area contributed by atoms with Crippen molar-refractivity contribution in [3.63, 3.8) is 0 Å². The highest BCUT2D eigenvalue weighted by molar-refractivity contribution is 5.88. The fourth-order valence-electron chi connectivity index (χ4n) is 2.44. The summed E-state index contributed by atoms with van der Waals surface area (Å²) in [6.45, 7) is 7.51. The summed E-state index contributed by atoms with van der Waals surface area (Å²) >= 11 is 0. The van der Waals surface area contributed by atoms with Crippen molar-refractivity contribution in [2.45, 2.75) is 13.8 Å². The number of hydrogen-bond donors (Lipinski definition) is 2. The normalized spacial score (nSPS) is 15.7. The molecule has 1 saturated heterocycles. The fourth-order valence-corrected chi connectivity index (χ4v) is 2.44. The van der Waals surface area contributed by atoms with Crippen LogP contribution in [0.25, 0.3) is 11.0 Å². The van der Waals surface area contributed by atoms with Crippen molar-refractivity contribution >= 4 is 22.7 Å². The first kappa shape index (κ1) is 15.3. The lowest BCUT2D eigenvalue weighted by Crippen LogP contribution is -2.44. The van der Waals surface area contributed by atoms with Gasteiger partial charge in [0.05, 0.1) is 11.2 Å². The Morgan fingerprint density at radius 1 is 1.29 bits per heavy atom. The summed E-state index contributed by atoms with van der Waals surface area (Å²) in [5.74, 6) is 0.154. The third kappa shape index (κ3) is 3.95. The van der Waals surface area contributed by atoms with E-state index in [9.17, 15) is 0 Å². The summed E-state index contributed by atoms with van der Waals surface area (Å²) in [4.78, 5) is 21.7. The third-order valence-corrected chi connectivity index (χ3v) is 3.45. The number of hydrogen-bond acceptors (Lipinski definition) is 4. The van der Waals surface area contributed by atoms with Crippen LogP contribution in [0.2, 0.25) is 0 Å². The molecule has 0 saturated carbocycles. The van der Waals surface area contributed by atoms with E-state index in [2.05, 4.69) is 45.0 Å². The van der Waals surface area contributed by atoms with Gasteiger partial charge in [0.25, 0.3) is 5.97 Å². The lowest BCUT2D eigenvalue weighted by molar-refractivity contribution is -0.134. The average molecular weight is 290 g/mol. The Morgan fingerprint density at radius 2 is 1.90 bits per heavy atom. The number of rotatable bonds is 1. The second-order valence-corrected chi connectivity index (χ2v) is 5.30. The van der Waals surface area contributed by atoms with E-state index in [0.29, 0.717) is 0 Å². The number of carboxylic acids is 1. The molecule has 114 valence electrons. The zero-order valence-corrected chi connectivity index (χ0v) is 12.8. The van der Waals surface area contributed by atoms with Gasteiger partial charge in [0.1, 0.15) is 11.3 Å². The molecule has 1 aliphatic heterocycles. The first-order valence-electron chi connectivity index (χ1n) is 7.05. The van der Waals surface area contributed by atoms with Crippen LogP contribution in [0, 0.1) is 6.92 Å². The molecule has 0 radical (unpaired) electrons. The van der Waals surface area contributed by atoms with Gasteiger partial charge in [-0.3, -0.25) is 4.79 Å². The Kier molecular flexibility index (Phi) is 4.80. The second kappa shape index (κ2) is 6.58. The number of anilines is 1. The highest BCUT2D eigenvalue weighted by Gasteiger charge is 2.17. The number of likely N-dealkylation sites (N-methyl/N-ethyl adjacent to an activating group) is 1. The Morgan fingerprint density at radius 3 is 2.52 bits per heavy atom. The van der Waals surface area contributed by atoms with E-state index in [1.165, 1.54) is 5.69 Å². The molecule has 1 fully saturated rings. The molecule has 2 heterocycles. The molecule has 1 aromatic heterocycles. The number of nitrogens with one attached hydrogen (secondary N) is 1. The lowest BCUT2D eigenvalue weighted by atomic mass is 10.2. The third-order valence-electron chi connectivity index (χ3n) is 3.45. The van der Waals surface area contributed by atoms with Crippen LogP contribution in [-0.2, 0) is 4.79 Å². The van der Waals surface area contributed by atoms with Crippen molar-refractivity contribution in [1.82, 2.24) is 14.9 Å². The number of nitrogens with zero attached hydrogens (tertiary/aromatic N) is 3. The van der Waals surface area contributed by atoms with Gasteiger partial charge in [-0.15, -0.1) is 0 Å². The summed E-state index contributed by atoms with van der Waals surface area (Å²) in [6, 6.07) is 6.37. The molecule has 0 atom stereocenters. The van der Waals surface area contributed by atoms with Gasteiger partial charge in [-0.1, -0.05) is 6.07 Å². The number of aromatic nitrogens is 2. The summed E-state index contributed by atoms with van der Waals surface area (Å²) in [6.07, 6.45) is 0. The number of benzene rings is 1. The number of aliphatic carboxylic acids is 1. The van der Waals surface area contributed by atoms with Crippen LogP contribution in [0.15, 0.2) is 18.2 Å². The molecule has 0 bridgehead atoms. The fraction of sp³-hybridized carbons (Fsp3) is 0.467. The largest absolute Gasteiger partial charge is 0.481 e. The molecule has 3 rings (SSSR count). The Bertz CT molecular complexity index is 611. The first-order valence-corrected chi connectivity index (χ1v) is 7.05. The number of para-hydroxylation sites is 1. The van der Waals surface area contributed by atoms with E-state index in [0.717, 1.165) is 50.0 Å². The molecule has 0 amide bonds. The Hall–Kier alpha value is -2.08. The van der Waals surface area contributed by atoms with E-state index >= 15 is 0 Å². The molecule has 0 aliphatic carbocycles. The SMILES string of the molecule is CC(=O)O.Cc1nc2c(N3CCN(C)CC3)cccc2[nH]1. The second-order valence-electron chi connectivity index (χ2n) is 5.30. The molecule has 6 heteroatoms. The van der Waals surface area contributed by atoms with Gasteiger partial charge in [-0.05, 0) is 26.1 Å². The molecule has 0 spiro atoms. The zero-order chi connectivity index (χ0) is 15.4. The van der Waals surface area contributed by atoms with Gasteiger partial charge < -0.3 is 19.9 Å². The predicted octanol–water partition coefficient (Wildman–Crippen LogP) is 1.71. The van der Waals surface area contributed by atoms with Gasteiger partial charge in [0.15, 0.2) is 0 Å². The molecule has 6 nitrogen and oxygen atoms in total. The number of aromatic amines is 1. The highest BCUT2D eigenvalue weighted by Crippen LogP contribution is 2.25. The molecule has 0 unspecified atom stereocenters. The van der Waals surface area contributed by atoms with Crippen molar-refractivity contribution in [2.24, 2.45) is 0 Å². The van der Waals surface area contributed by atoms with Crippen LogP contribution in [0.5, 0.6) is 0 Å². The van der Waals surface area contributed by atoms with E-state index in [1.807, 2.05) is 6.92 Å². The van der Waals surface area contributed by atoms with Gasteiger partial charge in [0.2, 0.25) is 0 Å². The van der Waals surface area contributed by atoms with Crippen molar-refractivity contribution in [3.05, 3.63) is 24.0 Å². The quantitative estimate of drug-likeness (QED) is 0.836. The van der Waals surface area contributed by atoms with Gasteiger partial charge in [0, 0.05) is 33.1 Å². The van der Waals surface area contributed by atoms with Crippen LogP contribution in [-0.4, -0.2) is 59.2 Å². The maximum absolute atomic E-state index is 9.00. The van der Waals surface area contributed by atoms with Crippen LogP contribution >= 0.6 is 0 Å². The molecule has 1 aliphatic rings. The standard InChI is InChI=1S/C13H18N4.C2H4O2/c1-10-14-11-4-3-5-12(13(11)15-10)17-8-6-16(2)7-9-17;1-2(3)4/h3-5H,6-9H2,1-2H3,(H,14,15);1H3,(H,3,4). The topological polar surface area (TPSA) is 72.5 Å². The maximum atomic E-state index is 9.00. The van der Waals surface area contributed by atoms with Crippen molar-refractivity contribution in [1.29, 1.82) is 0 Å². The van der Waals surface area contributed by atoms with Crippen LogP contribution in [0.3, 0.4) is 0 Å². The van der Waals surface area contributed by atoms with E-state index in [-0.39, 0.29) is 0 Å². The van der Waals surface area contributed by atoms with E-state index < -0.39 is 5.97 Å². The van der Waals surface area contributed by atoms with Crippen LogP contribution in [0.4, 0.5) is 5.69 Å². The van der Waals surface area contributed by atoms with Crippen LogP contribution < -0.4 is 4.90 Å². The number of fused-ring (bicyclic) bond motifs is 1. The highest BCUT2D eigenvalue weighted by atomic mass is 16.4. The van der Waals surface area contributed by atoms with Gasteiger partial charge in [-0.25, -0.2) is 4.98 Å². The maximum Gasteiger partial charge on any atom is 0.300 e. The Balaban J connectivity index is 0.000000361. The molecule has 21 heavy (non-hydrogen) atoms. The molecular formula is C15H22N4O2. The minimum atomic E-state index is -0.833. The van der Waals surface area contributed by atoms with Crippen molar-refractivity contribution < 1.29 is 9.90 Å². The van der Waals surface area contributed by atoms with E-state index in [1.54, 1.807) is 0 Å². The number of imidazole rings is 1.